The van der Waals surface area contributed by atoms with Crippen LogP contribution in [0.1, 0.15) is 28.4 Å². The lowest BCUT2D eigenvalue weighted by Crippen LogP contribution is -2.51. The van der Waals surface area contributed by atoms with Crippen LogP contribution in [-0.2, 0) is 14.3 Å². The molecule has 1 unspecified atom stereocenters. The predicted octanol–water partition coefficient (Wildman–Crippen LogP) is 2.58. The SMILES string of the molecule is COC(=O)C(c1ccccc1Cl)N1CCN(C(=O)CCNC(=O)c2ccsc2)CC1. The molecule has 1 aliphatic heterocycles. The summed E-state index contributed by atoms with van der Waals surface area (Å²) in [5, 5.41) is 6.88. The Balaban J connectivity index is 1.52. The summed E-state index contributed by atoms with van der Waals surface area (Å²) in [5.74, 6) is -0.568. The lowest BCUT2D eigenvalue weighted by Gasteiger charge is -2.38. The first kappa shape index (κ1) is 22.3. The number of carbonyl (C=O) groups is 3. The largest absolute Gasteiger partial charge is 0.468 e. The molecule has 9 heteroatoms. The summed E-state index contributed by atoms with van der Waals surface area (Å²) in [6, 6.07) is 8.35. The van der Waals surface area contributed by atoms with E-state index >= 15 is 0 Å². The topological polar surface area (TPSA) is 79.0 Å². The van der Waals surface area contributed by atoms with Crippen LogP contribution < -0.4 is 5.32 Å². The summed E-state index contributed by atoms with van der Waals surface area (Å²) in [4.78, 5) is 40.6. The third-order valence-electron chi connectivity index (χ3n) is 5.06. The molecule has 2 aromatic rings. The zero-order valence-corrected chi connectivity index (χ0v) is 18.2. The summed E-state index contributed by atoms with van der Waals surface area (Å²) in [6.45, 7) is 2.33. The third kappa shape index (κ3) is 5.38. The number of methoxy groups -OCH3 is 1. The molecule has 160 valence electrons. The first-order chi connectivity index (χ1) is 14.5. The second-order valence-electron chi connectivity index (χ2n) is 6.88. The average molecular weight is 450 g/mol. The maximum atomic E-state index is 12.5. The molecule has 7 nitrogen and oxygen atoms in total. The minimum absolute atomic E-state index is 0.0207. The van der Waals surface area contributed by atoms with Crippen LogP contribution in [0.3, 0.4) is 0 Å². The second kappa shape index (κ2) is 10.6. The maximum absolute atomic E-state index is 12.5. The standard InChI is InChI=1S/C21H24ClN3O4S/c1-29-21(28)19(16-4-2-3-5-17(16)22)25-11-9-24(10-12-25)18(26)6-8-23-20(27)15-7-13-30-14-15/h2-5,7,13-14,19H,6,8-12H2,1H3,(H,23,27). The molecule has 0 spiro atoms. The zero-order chi connectivity index (χ0) is 21.5. The number of carbonyl (C=O) groups excluding carboxylic acids is 3. The summed E-state index contributed by atoms with van der Waals surface area (Å²) in [5.41, 5.74) is 1.30. The second-order valence-corrected chi connectivity index (χ2v) is 8.07. The minimum Gasteiger partial charge on any atom is -0.468 e. The van der Waals surface area contributed by atoms with Crippen LogP contribution in [-0.4, -0.2) is 67.4 Å². The molecule has 1 N–H and O–H groups in total. The van der Waals surface area contributed by atoms with Crippen LogP contribution in [0.5, 0.6) is 0 Å². The van der Waals surface area contributed by atoms with Gasteiger partial charge in [0.2, 0.25) is 5.91 Å². The van der Waals surface area contributed by atoms with Gasteiger partial charge < -0.3 is 15.0 Å². The van der Waals surface area contributed by atoms with Crippen LogP contribution >= 0.6 is 22.9 Å². The molecule has 0 saturated carbocycles. The van der Waals surface area contributed by atoms with Crippen molar-refractivity contribution in [3.8, 4) is 0 Å². The highest BCUT2D eigenvalue weighted by molar-refractivity contribution is 7.08. The van der Waals surface area contributed by atoms with E-state index in [0.29, 0.717) is 42.3 Å². The van der Waals surface area contributed by atoms with Gasteiger partial charge in [0.05, 0.1) is 7.11 Å². The van der Waals surface area contributed by atoms with Crippen molar-refractivity contribution in [1.29, 1.82) is 0 Å². The number of ether oxygens (including phenoxy) is 1. The molecule has 1 aromatic heterocycles. The molecule has 1 atom stereocenters. The Morgan fingerprint density at radius 3 is 2.53 bits per heavy atom. The van der Waals surface area contributed by atoms with Crippen LogP contribution in [0, 0.1) is 0 Å². The highest BCUT2D eigenvalue weighted by Crippen LogP contribution is 2.29. The van der Waals surface area contributed by atoms with Gasteiger partial charge in [-0.1, -0.05) is 29.8 Å². The van der Waals surface area contributed by atoms with Gasteiger partial charge in [0.1, 0.15) is 6.04 Å². The molecule has 2 amide bonds. The molecule has 1 fully saturated rings. The third-order valence-corrected chi connectivity index (χ3v) is 6.09. The van der Waals surface area contributed by atoms with E-state index in [4.69, 9.17) is 16.3 Å². The molecule has 3 rings (SSSR count). The molecule has 1 aliphatic rings. The van der Waals surface area contributed by atoms with Gasteiger partial charge in [-0.25, -0.2) is 4.79 Å². The average Bonchev–Trinajstić information content (AvgIpc) is 3.30. The lowest BCUT2D eigenvalue weighted by molar-refractivity contribution is -0.148. The number of nitrogens with one attached hydrogen (secondary N) is 1. The van der Waals surface area contributed by atoms with E-state index in [0.717, 1.165) is 0 Å². The number of nitrogens with zero attached hydrogens (tertiary/aromatic N) is 2. The van der Waals surface area contributed by atoms with E-state index < -0.39 is 6.04 Å². The number of amides is 2. The van der Waals surface area contributed by atoms with Gasteiger partial charge in [-0.2, -0.15) is 11.3 Å². The molecule has 0 bridgehead atoms. The van der Waals surface area contributed by atoms with Gasteiger partial charge in [-0.05, 0) is 23.1 Å². The zero-order valence-electron chi connectivity index (χ0n) is 16.7. The monoisotopic (exact) mass is 449 g/mol. The van der Waals surface area contributed by atoms with Gasteiger partial charge in [-0.3, -0.25) is 14.5 Å². The number of hydrogen-bond acceptors (Lipinski definition) is 6. The number of hydrogen-bond donors (Lipinski definition) is 1. The fourth-order valence-electron chi connectivity index (χ4n) is 3.45. The molecular weight excluding hydrogens is 426 g/mol. The Labute approximate surface area is 184 Å². The van der Waals surface area contributed by atoms with Gasteiger partial charge in [0, 0.05) is 55.1 Å². The van der Waals surface area contributed by atoms with Crippen molar-refractivity contribution in [2.45, 2.75) is 12.5 Å². The Morgan fingerprint density at radius 2 is 1.90 bits per heavy atom. The Hall–Kier alpha value is -2.42. The van der Waals surface area contributed by atoms with E-state index in [9.17, 15) is 14.4 Å². The molecule has 0 radical (unpaired) electrons. The highest BCUT2D eigenvalue weighted by atomic mass is 35.5. The van der Waals surface area contributed by atoms with Crippen molar-refractivity contribution in [3.63, 3.8) is 0 Å². The number of rotatable bonds is 7. The Kier molecular flexibility index (Phi) is 7.84. The highest BCUT2D eigenvalue weighted by Gasteiger charge is 2.33. The number of piperazine rings is 1. The summed E-state index contributed by atoms with van der Waals surface area (Å²) in [7, 11) is 1.36. The quantitative estimate of drug-likeness (QED) is 0.657. The molecule has 0 aliphatic carbocycles. The number of benzene rings is 1. The smallest absolute Gasteiger partial charge is 0.327 e. The maximum Gasteiger partial charge on any atom is 0.327 e. The van der Waals surface area contributed by atoms with E-state index in [1.54, 1.807) is 22.4 Å². The van der Waals surface area contributed by atoms with Gasteiger partial charge in [0.25, 0.3) is 5.91 Å². The summed E-state index contributed by atoms with van der Waals surface area (Å²) < 4.78 is 5.00. The van der Waals surface area contributed by atoms with Crippen molar-refractivity contribution >= 4 is 40.7 Å². The van der Waals surface area contributed by atoms with Crippen molar-refractivity contribution < 1.29 is 19.1 Å². The van der Waals surface area contributed by atoms with E-state index in [-0.39, 0.29) is 30.7 Å². The van der Waals surface area contributed by atoms with Crippen molar-refractivity contribution in [2.75, 3.05) is 39.8 Å². The molecule has 2 heterocycles. The summed E-state index contributed by atoms with van der Waals surface area (Å²) >= 11 is 7.76. The first-order valence-electron chi connectivity index (χ1n) is 9.65. The van der Waals surface area contributed by atoms with E-state index in [1.165, 1.54) is 18.4 Å². The predicted molar refractivity (Wildman–Crippen MR) is 116 cm³/mol. The van der Waals surface area contributed by atoms with Crippen molar-refractivity contribution in [2.24, 2.45) is 0 Å². The van der Waals surface area contributed by atoms with Crippen LogP contribution in [0.2, 0.25) is 5.02 Å². The summed E-state index contributed by atoms with van der Waals surface area (Å²) in [6.07, 6.45) is 0.237. The minimum atomic E-state index is -0.606. The van der Waals surface area contributed by atoms with Crippen molar-refractivity contribution in [3.05, 3.63) is 57.2 Å². The fraction of sp³-hybridized carbons (Fsp3) is 0.381. The molecular formula is C21H24ClN3O4S. The van der Waals surface area contributed by atoms with Gasteiger partial charge >= 0.3 is 5.97 Å². The Morgan fingerprint density at radius 1 is 1.17 bits per heavy atom. The normalized spacial score (nSPS) is 15.5. The Bertz CT molecular complexity index is 882. The van der Waals surface area contributed by atoms with E-state index in [1.807, 2.05) is 28.5 Å². The van der Waals surface area contributed by atoms with Crippen LogP contribution in [0.4, 0.5) is 0 Å². The number of halogens is 1. The molecule has 30 heavy (non-hydrogen) atoms. The van der Waals surface area contributed by atoms with Gasteiger partial charge in [0.15, 0.2) is 0 Å². The molecule has 1 saturated heterocycles. The van der Waals surface area contributed by atoms with Crippen molar-refractivity contribution in [1.82, 2.24) is 15.1 Å². The molecule has 1 aromatic carbocycles. The van der Waals surface area contributed by atoms with Crippen LogP contribution in [0.15, 0.2) is 41.1 Å². The fourth-order valence-corrected chi connectivity index (χ4v) is 4.32. The van der Waals surface area contributed by atoms with Crippen LogP contribution in [0.25, 0.3) is 0 Å². The van der Waals surface area contributed by atoms with Gasteiger partial charge in [-0.15, -0.1) is 0 Å². The number of esters is 1. The first-order valence-corrected chi connectivity index (χ1v) is 11.0. The lowest BCUT2D eigenvalue weighted by atomic mass is 10.0. The van der Waals surface area contributed by atoms with E-state index in [2.05, 4.69) is 5.32 Å². The number of thiophene rings is 1.